The number of nitrogens with one attached hydrogen (secondary N) is 1. The molecule has 1 atom stereocenters. The summed E-state index contributed by atoms with van der Waals surface area (Å²) in [5.41, 5.74) is 0. The molecule has 0 fully saturated rings. The van der Waals surface area contributed by atoms with Crippen LogP contribution in [0.4, 0.5) is 0 Å². The number of hydrogen-bond acceptors (Lipinski definition) is 3. The van der Waals surface area contributed by atoms with Crippen molar-refractivity contribution in [2.24, 2.45) is 11.8 Å². The zero-order valence-electron chi connectivity index (χ0n) is 23.5. The Bertz CT molecular complexity index is 517. The van der Waals surface area contributed by atoms with Crippen LogP contribution >= 0.6 is 0 Å². The van der Waals surface area contributed by atoms with Crippen molar-refractivity contribution in [1.82, 2.24) is 5.32 Å². The van der Waals surface area contributed by atoms with Crippen molar-refractivity contribution in [3.8, 4) is 0 Å². The maximum absolute atomic E-state index is 13.2. The number of ether oxygens (including phenoxy) is 1. The predicted molar refractivity (Wildman–Crippen MR) is 150 cm³/mol. The van der Waals surface area contributed by atoms with Gasteiger partial charge in [-0.1, -0.05) is 103 Å². The lowest BCUT2D eigenvalue weighted by molar-refractivity contribution is -0.146. The molecule has 0 spiro atoms. The summed E-state index contributed by atoms with van der Waals surface area (Å²) in [4.78, 5) is 25.4. The van der Waals surface area contributed by atoms with Gasteiger partial charge in [-0.05, 0) is 50.9 Å². The summed E-state index contributed by atoms with van der Waals surface area (Å²) in [5.74, 6) is 0.0129. The van der Waals surface area contributed by atoms with Crippen molar-refractivity contribution in [1.29, 1.82) is 0 Å². The van der Waals surface area contributed by atoms with E-state index in [9.17, 15) is 9.59 Å². The van der Waals surface area contributed by atoms with E-state index < -0.39 is 6.04 Å². The highest BCUT2D eigenvalue weighted by molar-refractivity contribution is 5.85. The number of unbranched alkanes of at least 4 members (excludes halogenated alkanes) is 14. The molecule has 0 aliphatic rings. The Balaban J connectivity index is 4.52. The molecule has 0 heterocycles. The molecule has 0 unspecified atom stereocenters. The van der Waals surface area contributed by atoms with Crippen LogP contribution in [0.25, 0.3) is 0 Å². The predicted octanol–water partition coefficient (Wildman–Crippen LogP) is 8.70. The molecular formula is C31H57NO3. The molecule has 1 amide bonds. The molecular weight excluding hydrogens is 434 g/mol. The molecule has 4 heteroatoms. The van der Waals surface area contributed by atoms with E-state index in [4.69, 9.17) is 4.74 Å². The number of esters is 1. The Morgan fingerprint density at radius 3 is 1.49 bits per heavy atom. The quantitative estimate of drug-likeness (QED) is 0.0789. The highest BCUT2D eigenvalue weighted by Gasteiger charge is 2.26. The van der Waals surface area contributed by atoms with E-state index >= 15 is 0 Å². The summed E-state index contributed by atoms with van der Waals surface area (Å²) in [6, 6.07) is -0.541. The number of carbonyl (C=O) groups excluding carboxylic acids is 2. The summed E-state index contributed by atoms with van der Waals surface area (Å²) in [6.07, 6.45) is 25.9. The fraction of sp³-hybridized carbons (Fsp3) is 0.806. The van der Waals surface area contributed by atoms with Crippen LogP contribution in [-0.2, 0) is 14.3 Å². The molecule has 0 bridgehead atoms. The summed E-state index contributed by atoms with van der Waals surface area (Å²) in [7, 11) is 1.40. The zero-order valence-corrected chi connectivity index (χ0v) is 23.5. The van der Waals surface area contributed by atoms with Crippen molar-refractivity contribution in [2.75, 3.05) is 7.11 Å². The number of amides is 1. The number of allylic oxidation sites excluding steroid dienone is 2. The SMILES string of the molecule is C=CCCCCCCCCCC(CCCCCCCCCC=C)C(=O)N[C@@H](CC(C)C)C(=O)OC. The molecule has 204 valence electrons. The van der Waals surface area contributed by atoms with Gasteiger partial charge in [0.05, 0.1) is 7.11 Å². The van der Waals surface area contributed by atoms with E-state index in [0.29, 0.717) is 12.3 Å². The third-order valence-corrected chi connectivity index (χ3v) is 6.80. The minimum absolute atomic E-state index is 0.00509. The maximum Gasteiger partial charge on any atom is 0.328 e. The molecule has 0 radical (unpaired) electrons. The van der Waals surface area contributed by atoms with Crippen LogP contribution in [0.5, 0.6) is 0 Å². The number of carbonyl (C=O) groups is 2. The maximum atomic E-state index is 13.2. The van der Waals surface area contributed by atoms with Gasteiger partial charge in [0.2, 0.25) is 5.91 Å². The smallest absolute Gasteiger partial charge is 0.328 e. The average molecular weight is 492 g/mol. The minimum atomic E-state index is -0.541. The van der Waals surface area contributed by atoms with Gasteiger partial charge in [-0.25, -0.2) is 4.79 Å². The highest BCUT2D eigenvalue weighted by Crippen LogP contribution is 2.21. The van der Waals surface area contributed by atoms with Crippen molar-refractivity contribution >= 4 is 11.9 Å². The van der Waals surface area contributed by atoms with Crippen molar-refractivity contribution in [2.45, 2.75) is 142 Å². The lowest BCUT2D eigenvalue weighted by atomic mass is 9.92. The summed E-state index contributed by atoms with van der Waals surface area (Å²) in [5, 5.41) is 3.03. The van der Waals surface area contributed by atoms with Gasteiger partial charge in [0.1, 0.15) is 6.04 Å². The van der Waals surface area contributed by atoms with Crippen molar-refractivity contribution in [3.63, 3.8) is 0 Å². The second kappa shape index (κ2) is 24.1. The van der Waals surface area contributed by atoms with Gasteiger partial charge in [0, 0.05) is 5.92 Å². The molecule has 0 aromatic heterocycles. The Morgan fingerprint density at radius 2 is 1.11 bits per heavy atom. The van der Waals surface area contributed by atoms with Gasteiger partial charge < -0.3 is 10.1 Å². The Labute approximate surface area is 217 Å². The lowest BCUT2D eigenvalue weighted by Crippen LogP contribution is -2.45. The van der Waals surface area contributed by atoms with Crippen molar-refractivity contribution < 1.29 is 14.3 Å². The monoisotopic (exact) mass is 491 g/mol. The first-order valence-corrected chi connectivity index (χ1v) is 14.6. The van der Waals surface area contributed by atoms with Crippen LogP contribution < -0.4 is 5.32 Å². The Kier molecular flexibility index (Phi) is 23.0. The van der Waals surface area contributed by atoms with Crippen LogP contribution in [0.3, 0.4) is 0 Å². The molecule has 0 rings (SSSR count). The third kappa shape index (κ3) is 20.3. The van der Waals surface area contributed by atoms with Gasteiger partial charge in [0.15, 0.2) is 0 Å². The average Bonchev–Trinajstić information content (AvgIpc) is 2.84. The van der Waals surface area contributed by atoms with Gasteiger partial charge in [-0.3, -0.25) is 4.79 Å². The minimum Gasteiger partial charge on any atom is -0.467 e. The zero-order chi connectivity index (χ0) is 26.2. The van der Waals surface area contributed by atoms with Gasteiger partial charge in [-0.2, -0.15) is 0 Å². The largest absolute Gasteiger partial charge is 0.467 e. The fourth-order valence-electron chi connectivity index (χ4n) is 4.65. The van der Waals surface area contributed by atoms with E-state index in [1.165, 1.54) is 84.2 Å². The van der Waals surface area contributed by atoms with Crippen LogP contribution in [0.2, 0.25) is 0 Å². The first-order valence-electron chi connectivity index (χ1n) is 14.6. The lowest BCUT2D eigenvalue weighted by Gasteiger charge is -2.22. The van der Waals surface area contributed by atoms with Crippen LogP contribution in [0, 0.1) is 11.8 Å². The highest BCUT2D eigenvalue weighted by atomic mass is 16.5. The van der Waals surface area contributed by atoms with Crippen LogP contribution in [0.15, 0.2) is 25.3 Å². The topological polar surface area (TPSA) is 55.4 Å². The Morgan fingerprint density at radius 1 is 0.714 bits per heavy atom. The first kappa shape index (κ1) is 33.4. The van der Waals surface area contributed by atoms with E-state index in [2.05, 4.69) is 32.3 Å². The number of methoxy groups -OCH3 is 1. The Hall–Kier alpha value is -1.58. The summed E-state index contributed by atoms with van der Waals surface area (Å²) in [6.45, 7) is 11.7. The molecule has 35 heavy (non-hydrogen) atoms. The second-order valence-corrected chi connectivity index (χ2v) is 10.6. The number of hydrogen-bond donors (Lipinski definition) is 1. The van der Waals surface area contributed by atoms with E-state index in [1.807, 2.05) is 12.2 Å². The van der Waals surface area contributed by atoms with Gasteiger partial charge in [-0.15, -0.1) is 13.2 Å². The standard InChI is InChI=1S/C31H57NO3/c1-6-8-10-12-14-16-18-20-22-24-28(25-23-21-19-17-15-13-11-9-7-2)30(33)32-29(26-27(3)4)31(34)35-5/h6-7,27-29H,1-2,8-26H2,3-5H3,(H,32,33)/t29-/m0/s1. The summed E-state index contributed by atoms with van der Waals surface area (Å²) < 4.78 is 4.95. The van der Waals surface area contributed by atoms with Gasteiger partial charge in [0.25, 0.3) is 0 Å². The molecule has 0 saturated heterocycles. The van der Waals surface area contributed by atoms with Gasteiger partial charge >= 0.3 is 5.97 Å². The van der Waals surface area contributed by atoms with Crippen LogP contribution in [0.1, 0.15) is 136 Å². The van der Waals surface area contributed by atoms with E-state index in [-0.39, 0.29) is 17.8 Å². The molecule has 0 saturated carbocycles. The normalized spacial score (nSPS) is 12.0. The molecule has 4 nitrogen and oxygen atoms in total. The van der Waals surface area contributed by atoms with Crippen LogP contribution in [-0.4, -0.2) is 25.0 Å². The molecule has 0 aliphatic carbocycles. The summed E-state index contributed by atoms with van der Waals surface area (Å²) >= 11 is 0. The second-order valence-electron chi connectivity index (χ2n) is 10.6. The fourth-order valence-corrected chi connectivity index (χ4v) is 4.65. The van der Waals surface area contributed by atoms with Crippen molar-refractivity contribution in [3.05, 3.63) is 25.3 Å². The molecule has 0 aromatic rings. The van der Waals surface area contributed by atoms with E-state index in [0.717, 1.165) is 38.5 Å². The molecule has 1 N–H and O–H groups in total. The van der Waals surface area contributed by atoms with E-state index in [1.54, 1.807) is 0 Å². The first-order chi connectivity index (χ1) is 17.0. The third-order valence-electron chi connectivity index (χ3n) is 6.80. The molecule has 0 aliphatic heterocycles. The molecule has 0 aromatic carbocycles. The number of rotatable bonds is 25.